The lowest BCUT2D eigenvalue weighted by Crippen LogP contribution is -2.37. The fourth-order valence-electron chi connectivity index (χ4n) is 3.59. The van der Waals surface area contributed by atoms with Gasteiger partial charge in [0.05, 0.1) is 19.2 Å². The van der Waals surface area contributed by atoms with Crippen molar-refractivity contribution in [3.63, 3.8) is 0 Å². The van der Waals surface area contributed by atoms with E-state index < -0.39 is 6.04 Å². The number of amides is 2. The van der Waals surface area contributed by atoms with Crippen LogP contribution in [0.3, 0.4) is 0 Å². The van der Waals surface area contributed by atoms with Crippen molar-refractivity contribution in [3.05, 3.63) is 83.6 Å². The molecule has 0 spiro atoms. The van der Waals surface area contributed by atoms with Crippen molar-refractivity contribution in [3.8, 4) is 5.75 Å². The second kappa shape index (κ2) is 9.97. The molecule has 1 atom stereocenters. The van der Waals surface area contributed by atoms with E-state index in [1.165, 1.54) is 4.90 Å². The van der Waals surface area contributed by atoms with Crippen molar-refractivity contribution in [1.82, 2.24) is 9.88 Å². The zero-order valence-corrected chi connectivity index (χ0v) is 19.3. The summed E-state index contributed by atoms with van der Waals surface area (Å²) < 4.78 is 5.14. The SMILES string of the molecule is COc1ccc(NC(=O)CC2C(=O)N(c3ccc(Cl)cc3)C(=S)N2Cc2cccnc2)cc1. The predicted molar refractivity (Wildman–Crippen MR) is 131 cm³/mol. The van der Waals surface area contributed by atoms with Crippen LogP contribution in [0.1, 0.15) is 12.0 Å². The van der Waals surface area contributed by atoms with Crippen LogP contribution in [0.5, 0.6) is 5.75 Å². The van der Waals surface area contributed by atoms with Crippen LogP contribution < -0.4 is 15.0 Å². The number of nitrogens with zero attached hydrogens (tertiary/aromatic N) is 3. The number of thiocarbonyl (C=S) groups is 1. The molecule has 168 valence electrons. The zero-order valence-electron chi connectivity index (χ0n) is 17.8. The number of halogens is 1. The Morgan fingerprint density at radius 2 is 1.88 bits per heavy atom. The number of hydrogen-bond donors (Lipinski definition) is 1. The lowest BCUT2D eigenvalue weighted by molar-refractivity contribution is -0.124. The summed E-state index contributed by atoms with van der Waals surface area (Å²) in [5, 5.41) is 3.72. The molecule has 1 aliphatic heterocycles. The molecule has 1 saturated heterocycles. The van der Waals surface area contributed by atoms with Gasteiger partial charge in [-0.2, -0.15) is 0 Å². The lowest BCUT2D eigenvalue weighted by atomic mass is 10.1. The summed E-state index contributed by atoms with van der Waals surface area (Å²) >= 11 is 11.7. The summed E-state index contributed by atoms with van der Waals surface area (Å²) in [5.41, 5.74) is 2.09. The van der Waals surface area contributed by atoms with Crippen molar-refractivity contribution in [2.45, 2.75) is 19.0 Å². The van der Waals surface area contributed by atoms with Gasteiger partial charge in [-0.15, -0.1) is 0 Å². The molecule has 0 aliphatic carbocycles. The predicted octanol–water partition coefficient (Wildman–Crippen LogP) is 4.27. The van der Waals surface area contributed by atoms with Crippen molar-refractivity contribution < 1.29 is 14.3 Å². The molecule has 0 saturated carbocycles. The number of nitrogens with one attached hydrogen (secondary N) is 1. The molecule has 7 nitrogen and oxygen atoms in total. The third-order valence-corrected chi connectivity index (χ3v) is 5.90. The van der Waals surface area contributed by atoms with Crippen LogP contribution in [-0.4, -0.2) is 40.0 Å². The Balaban J connectivity index is 1.57. The van der Waals surface area contributed by atoms with Crippen LogP contribution in [0.15, 0.2) is 73.1 Å². The molecular formula is C24H21ClN4O3S. The van der Waals surface area contributed by atoms with E-state index in [2.05, 4.69) is 10.3 Å². The monoisotopic (exact) mass is 480 g/mol. The summed E-state index contributed by atoms with van der Waals surface area (Å²) in [4.78, 5) is 33.6. The second-order valence-corrected chi connectivity index (χ2v) is 8.22. The molecule has 9 heteroatoms. The van der Waals surface area contributed by atoms with Gasteiger partial charge < -0.3 is 15.0 Å². The van der Waals surface area contributed by atoms with Gasteiger partial charge in [-0.05, 0) is 72.4 Å². The molecule has 0 radical (unpaired) electrons. The van der Waals surface area contributed by atoms with Crippen LogP contribution in [0.4, 0.5) is 11.4 Å². The number of methoxy groups -OCH3 is 1. The summed E-state index contributed by atoms with van der Waals surface area (Å²) in [7, 11) is 1.57. The number of carbonyl (C=O) groups is 2. The van der Waals surface area contributed by atoms with E-state index in [1.807, 2.05) is 12.1 Å². The molecule has 1 unspecified atom stereocenters. The maximum Gasteiger partial charge on any atom is 0.256 e. The molecule has 1 N–H and O–H groups in total. The van der Waals surface area contributed by atoms with Gasteiger partial charge in [-0.1, -0.05) is 17.7 Å². The normalized spacial score (nSPS) is 15.6. The first-order chi connectivity index (χ1) is 16.0. The van der Waals surface area contributed by atoms with Gasteiger partial charge in [0.2, 0.25) is 5.91 Å². The fourth-order valence-corrected chi connectivity index (χ4v) is 4.11. The lowest BCUT2D eigenvalue weighted by Gasteiger charge is -2.23. The van der Waals surface area contributed by atoms with Gasteiger partial charge in [0.15, 0.2) is 5.11 Å². The highest BCUT2D eigenvalue weighted by molar-refractivity contribution is 7.80. The molecule has 33 heavy (non-hydrogen) atoms. The summed E-state index contributed by atoms with van der Waals surface area (Å²) in [5.74, 6) is 0.122. The minimum Gasteiger partial charge on any atom is -0.497 e. The second-order valence-electron chi connectivity index (χ2n) is 7.42. The van der Waals surface area contributed by atoms with Crippen LogP contribution in [0, 0.1) is 0 Å². The number of carbonyl (C=O) groups excluding carboxylic acids is 2. The minimum absolute atomic E-state index is 0.0602. The molecule has 2 aromatic carbocycles. The average Bonchev–Trinajstić information content (AvgIpc) is 3.05. The highest BCUT2D eigenvalue weighted by Crippen LogP contribution is 2.29. The Morgan fingerprint density at radius 3 is 2.52 bits per heavy atom. The van der Waals surface area contributed by atoms with E-state index in [9.17, 15) is 9.59 Å². The number of rotatable bonds is 7. The number of hydrogen-bond acceptors (Lipinski definition) is 5. The molecule has 4 rings (SSSR count). The summed E-state index contributed by atoms with van der Waals surface area (Å²) in [6.07, 6.45) is 3.33. The highest BCUT2D eigenvalue weighted by atomic mass is 35.5. The van der Waals surface area contributed by atoms with E-state index in [-0.39, 0.29) is 18.2 Å². The third kappa shape index (κ3) is 5.13. The topological polar surface area (TPSA) is 74.8 Å². The Hall–Kier alpha value is -3.49. The molecule has 1 fully saturated rings. The third-order valence-electron chi connectivity index (χ3n) is 5.23. The average molecular weight is 481 g/mol. The van der Waals surface area contributed by atoms with Gasteiger partial charge in [-0.25, -0.2) is 0 Å². The van der Waals surface area contributed by atoms with Crippen LogP contribution >= 0.6 is 23.8 Å². The molecule has 0 bridgehead atoms. The zero-order chi connectivity index (χ0) is 23.4. The maximum atomic E-state index is 13.4. The van der Waals surface area contributed by atoms with Crippen LogP contribution in [0.25, 0.3) is 0 Å². The Bertz CT molecular complexity index is 1160. The van der Waals surface area contributed by atoms with Gasteiger partial charge in [0, 0.05) is 29.6 Å². The van der Waals surface area contributed by atoms with Gasteiger partial charge in [-0.3, -0.25) is 19.5 Å². The number of ether oxygens (including phenoxy) is 1. The van der Waals surface area contributed by atoms with Crippen molar-refractivity contribution >= 4 is 52.1 Å². The van der Waals surface area contributed by atoms with Crippen molar-refractivity contribution in [1.29, 1.82) is 0 Å². The first-order valence-electron chi connectivity index (χ1n) is 10.2. The Morgan fingerprint density at radius 1 is 1.15 bits per heavy atom. The Kier molecular flexibility index (Phi) is 6.86. The van der Waals surface area contributed by atoms with Gasteiger partial charge >= 0.3 is 0 Å². The fraction of sp³-hybridized carbons (Fsp3) is 0.167. The van der Waals surface area contributed by atoms with E-state index in [0.717, 1.165) is 5.56 Å². The van der Waals surface area contributed by atoms with Crippen LogP contribution in [-0.2, 0) is 16.1 Å². The van der Waals surface area contributed by atoms with Crippen molar-refractivity contribution in [2.24, 2.45) is 0 Å². The van der Waals surface area contributed by atoms with Gasteiger partial charge in [0.1, 0.15) is 11.8 Å². The number of aromatic nitrogens is 1. The van der Waals surface area contributed by atoms with E-state index in [1.54, 1.807) is 72.9 Å². The highest BCUT2D eigenvalue weighted by Gasteiger charge is 2.44. The molecular weight excluding hydrogens is 460 g/mol. The minimum atomic E-state index is -0.758. The summed E-state index contributed by atoms with van der Waals surface area (Å²) in [6, 6.07) is 16.8. The Labute approximate surface area is 201 Å². The van der Waals surface area contributed by atoms with E-state index in [0.29, 0.717) is 33.8 Å². The van der Waals surface area contributed by atoms with E-state index in [4.69, 9.17) is 28.6 Å². The smallest absolute Gasteiger partial charge is 0.256 e. The van der Waals surface area contributed by atoms with Crippen molar-refractivity contribution in [2.75, 3.05) is 17.3 Å². The quantitative estimate of drug-likeness (QED) is 0.509. The number of benzene rings is 2. The van der Waals surface area contributed by atoms with Gasteiger partial charge in [0.25, 0.3) is 5.91 Å². The number of pyridine rings is 1. The standard InChI is InChI=1S/C24H21ClN4O3S/c1-32-20-10-6-18(7-11-20)27-22(30)13-21-23(31)29(19-8-4-17(25)5-9-19)24(33)28(21)15-16-3-2-12-26-14-16/h2-12,14,21H,13,15H2,1H3,(H,27,30). The molecule has 1 aromatic heterocycles. The first kappa shape index (κ1) is 22.7. The maximum absolute atomic E-state index is 13.4. The number of anilines is 2. The van der Waals surface area contributed by atoms with E-state index >= 15 is 0 Å². The molecule has 1 aliphatic rings. The largest absolute Gasteiger partial charge is 0.497 e. The molecule has 3 aromatic rings. The molecule has 2 amide bonds. The first-order valence-corrected chi connectivity index (χ1v) is 11.0. The molecule has 2 heterocycles. The van der Waals surface area contributed by atoms with Crippen LogP contribution in [0.2, 0.25) is 5.02 Å². The summed E-state index contributed by atoms with van der Waals surface area (Å²) in [6.45, 7) is 0.350.